The van der Waals surface area contributed by atoms with Gasteiger partial charge in [-0.05, 0) is 56.0 Å². The van der Waals surface area contributed by atoms with Gasteiger partial charge in [-0.2, -0.15) is 0 Å². The SMILES string of the molecule is CCCN(CCC)c1ccc(C2(c3ccc(N(CCC)CCC)cc3OC)OC(=O)c3ccncc32)c(OC)c1. The van der Waals surface area contributed by atoms with Crippen molar-refractivity contribution < 1.29 is 19.0 Å². The van der Waals surface area contributed by atoms with Gasteiger partial charge in [0.2, 0.25) is 0 Å². The molecule has 1 aromatic heterocycles. The monoisotopic (exact) mass is 545 g/mol. The van der Waals surface area contributed by atoms with Crippen LogP contribution in [0.3, 0.4) is 0 Å². The molecule has 2 heterocycles. The van der Waals surface area contributed by atoms with Crippen molar-refractivity contribution in [2.75, 3.05) is 50.2 Å². The van der Waals surface area contributed by atoms with Gasteiger partial charge in [0.15, 0.2) is 5.60 Å². The predicted octanol–water partition coefficient (Wildman–Crippen LogP) is 6.81. The van der Waals surface area contributed by atoms with E-state index in [1.54, 1.807) is 32.7 Å². The number of esters is 1. The van der Waals surface area contributed by atoms with Gasteiger partial charge >= 0.3 is 5.97 Å². The molecule has 1 aliphatic heterocycles. The van der Waals surface area contributed by atoms with E-state index in [0.717, 1.165) is 74.4 Å². The number of rotatable bonds is 14. The van der Waals surface area contributed by atoms with Crippen molar-refractivity contribution in [3.05, 3.63) is 77.1 Å². The Kier molecular flexibility index (Phi) is 9.56. The normalized spacial score (nSPS) is 13.5. The van der Waals surface area contributed by atoms with Crippen LogP contribution in [0.5, 0.6) is 11.5 Å². The number of ether oxygens (including phenoxy) is 3. The summed E-state index contributed by atoms with van der Waals surface area (Å²) in [7, 11) is 3.32. The van der Waals surface area contributed by atoms with Gasteiger partial charge < -0.3 is 24.0 Å². The van der Waals surface area contributed by atoms with Crippen molar-refractivity contribution >= 4 is 17.3 Å². The molecule has 0 atom stereocenters. The van der Waals surface area contributed by atoms with Crippen LogP contribution in [0.1, 0.15) is 80.4 Å². The Morgan fingerprint density at radius 3 is 1.62 bits per heavy atom. The van der Waals surface area contributed by atoms with Crippen molar-refractivity contribution in [1.29, 1.82) is 0 Å². The van der Waals surface area contributed by atoms with Crippen molar-refractivity contribution in [3.8, 4) is 11.5 Å². The lowest BCUT2D eigenvalue weighted by Crippen LogP contribution is -2.32. The largest absolute Gasteiger partial charge is 0.496 e. The maximum atomic E-state index is 13.4. The molecule has 0 N–H and O–H groups in total. The number of carbonyl (C=O) groups excluding carboxylic acids is 1. The van der Waals surface area contributed by atoms with Crippen LogP contribution in [-0.4, -0.2) is 51.4 Å². The second kappa shape index (κ2) is 13.1. The number of carbonyl (C=O) groups is 1. The van der Waals surface area contributed by atoms with Gasteiger partial charge in [0.05, 0.1) is 19.8 Å². The van der Waals surface area contributed by atoms with E-state index in [2.05, 4.69) is 66.7 Å². The van der Waals surface area contributed by atoms with E-state index < -0.39 is 11.6 Å². The van der Waals surface area contributed by atoms with E-state index in [0.29, 0.717) is 22.6 Å². The minimum Gasteiger partial charge on any atom is -0.496 e. The zero-order valence-corrected chi connectivity index (χ0v) is 24.8. The fourth-order valence-corrected chi connectivity index (χ4v) is 5.80. The number of cyclic esters (lactones) is 1. The van der Waals surface area contributed by atoms with E-state index in [1.165, 1.54) is 0 Å². The smallest absolute Gasteiger partial charge is 0.340 e. The van der Waals surface area contributed by atoms with Crippen LogP contribution in [-0.2, 0) is 10.3 Å². The van der Waals surface area contributed by atoms with Gasteiger partial charge in [0, 0.05) is 78.8 Å². The molecule has 214 valence electrons. The Balaban J connectivity index is 1.96. The highest BCUT2D eigenvalue weighted by molar-refractivity contribution is 5.96. The summed E-state index contributed by atoms with van der Waals surface area (Å²) in [5.74, 6) is 0.889. The lowest BCUT2D eigenvalue weighted by atomic mass is 9.79. The molecule has 3 aromatic rings. The molecular formula is C33H43N3O4. The van der Waals surface area contributed by atoms with Crippen LogP contribution in [0.15, 0.2) is 54.9 Å². The lowest BCUT2D eigenvalue weighted by Gasteiger charge is -2.34. The second-order valence-electron chi connectivity index (χ2n) is 10.2. The molecule has 0 saturated carbocycles. The van der Waals surface area contributed by atoms with Gasteiger partial charge in [-0.1, -0.05) is 27.7 Å². The fraction of sp³-hybridized carbons (Fsp3) is 0.455. The third-order valence-corrected chi connectivity index (χ3v) is 7.50. The molecule has 7 nitrogen and oxygen atoms in total. The number of methoxy groups -OCH3 is 2. The summed E-state index contributed by atoms with van der Waals surface area (Å²) in [6.45, 7) is 12.5. The molecule has 40 heavy (non-hydrogen) atoms. The maximum absolute atomic E-state index is 13.4. The molecule has 7 heteroatoms. The first-order valence-electron chi connectivity index (χ1n) is 14.5. The molecule has 0 aliphatic carbocycles. The first-order chi connectivity index (χ1) is 19.5. The number of anilines is 2. The first-order valence-corrected chi connectivity index (χ1v) is 14.5. The topological polar surface area (TPSA) is 64.1 Å². The zero-order valence-electron chi connectivity index (χ0n) is 24.8. The van der Waals surface area contributed by atoms with Gasteiger partial charge in [-0.3, -0.25) is 4.98 Å². The molecule has 1 aliphatic rings. The molecule has 2 aromatic carbocycles. The molecule has 0 amide bonds. The van der Waals surface area contributed by atoms with Crippen molar-refractivity contribution in [2.45, 2.75) is 59.0 Å². The summed E-state index contributed by atoms with van der Waals surface area (Å²) in [6.07, 6.45) is 7.52. The van der Waals surface area contributed by atoms with Crippen LogP contribution < -0.4 is 19.3 Å². The van der Waals surface area contributed by atoms with Crippen molar-refractivity contribution in [3.63, 3.8) is 0 Å². The second-order valence-corrected chi connectivity index (χ2v) is 10.2. The van der Waals surface area contributed by atoms with E-state index in [4.69, 9.17) is 14.2 Å². The Bertz CT molecular complexity index is 1230. The summed E-state index contributed by atoms with van der Waals surface area (Å²) < 4.78 is 18.4. The fourth-order valence-electron chi connectivity index (χ4n) is 5.80. The molecule has 0 unspecified atom stereocenters. The number of hydrogen-bond donors (Lipinski definition) is 0. The molecule has 0 spiro atoms. The summed E-state index contributed by atoms with van der Waals surface area (Å²) in [4.78, 5) is 22.5. The molecule has 0 fully saturated rings. The molecule has 0 bridgehead atoms. The number of nitrogens with zero attached hydrogens (tertiary/aromatic N) is 3. The minimum absolute atomic E-state index is 0.396. The lowest BCUT2D eigenvalue weighted by molar-refractivity contribution is 0.0238. The Morgan fingerprint density at radius 1 is 0.725 bits per heavy atom. The maximum Gasteiger partial charge on any atom is 0.340 e. The highest BCUT2D eigenvalue weighted by atomic mass is 16.6. The third kappa shape index (κ3) is 5.34. The summed E-state index contributed by atoms with van der Waals surface area (Å²) >= 11 is 0. The van der Waals surface area contributed by atoms with Crippen LogP contribution in [0.4, 0.5) is 11.4 Å². The highest BCUT2D eigenvalue weighted by Gasteiger charge is 2.52. The van der Waals surface area contributed by atoms with Gasteiger partial charge in [0.25, 0.3) is 0 Å². The highest BCUT2D eigenvalue weighted by Crippen LogP contribution is 2.53. The first kappa shape index (κ1) is 29.2. The van der Waals surface area contributed by atoms with Crippen molar-refractivity contribution in [2.24, 2.45) is 0 Å². The van der Waals surface area contributed by atoms with Crippen LogP contribution in [0.2, 0.25) is 0 Å². The average molecular weight is 546 g/mol. The minimum atomic E-state index is -1.28. The van der Waals surface area contributed by atoms with E-state index >= 15 is 0 Å². The van der Waals surface area contributed by atoms with Crippen LogP contribution in [0, 0.1) is 0 Å². The average Bonchev–Trinajstić information content (AvgIpc) is 3.29. The van der Waals surface area contributed by atoms with E-state index in [1.807, 2.05) is 12.1 Å². The number of aromatic nitrogens is 1. The van der Waals surface area contributed by atoms with E-state index in [9.17, 15) is 4.79 Å². The Labute approximate surface area is 239 Å². The molecular weight excluding hydrogens is 502 g/mol. The zero-order chi connectivity index (χ0) is 28.7. The van der Waals surface area contributed by atoms with Crippen molar-refractivity contribution in [1.82, 2.24) is 4.98 Å². The summed E-state index contributed by atoms with van der Waals surface area (Å²) in [5, 5.41) is 0. The third-order valence-electron chi connectivity index (χ3n) is 7.50. The number of pyridine rings is 1. The van der Waals surface area contributed by atoms with Crippen LogP contribution >= 0.6 is 0 Å². The van der Waals surface area contributed by atoms with Gasteiger partial charge in [0.1, 0.15) is 11.5 Å². The van der Waals surface area contributed by atoms with Crippen LogP contribution in [0.25, 0.3) is 0 Å². The summed E-state index contributed by atoms with van der Waals surface area (Å²) in [5.41, 5.74) is 3.50. The summed E-state index contributed by atoms with van der Waals surface area (Å²) in [6, 6.07) is 14.1. The number of benzene rings is 2. The number of hydrogen-bond acceptors (Lipinski definition) is 7. The number of fused-ring (bicyclic) bond motifs is 1. The van der Waals surface area contributed by atoms with Gasteiger partial charge in [-0.25, -0.2) is 4.79 Å². The molecule has 4 rings (SSSR count). The van der Waals surface area contributed by atoms with Gasteiger partial charge in [-0.15, -0.1) is 0 Å². The predicted molar refractivity (Wildman–Crippen MR) is 161 cm³/mol. The Morgan fingerprint density at radius 2 is 1.20 bits per heavy atom. The molecule has 0 saturated heterocycles. The quantitative estimate of drug-likeness (QED) is 0.206. The standard InChI is InChI=1S/C33H43N3O4/c1-7-17-35(18-8-2)24-11-13-27(30(21-24)38-5)33(29-23-34-16-15-26(29)32(37)40-33)28-14-12-25(22-31(28)39-6)36(19-9-3)20-10-4/h11-16,21-23H,7-10,17-20H2,1-6H3. The Hall–Kier alpha value is -3.74. The van der Waals surface area contributed by atoms with E-state index in [-0.39, 0.29) is 0 Å². The molecule has 0 radical (unpaired) electrons.